The molecular weight excluding hydrogens is 442 g/mol. The maximum absolute atomic E-state index is 13.9. The van der Waals surface area contributed by atoms with Crippen LogP contribution in [-0.2, 0) is 14.3 Å². The number of amides is 3. The summed E-state index contributed by atoms with van der Waals surface area (Å²) in [5.74, 6) is -0.391. The molecule has 2 atom stereocenters. The zero-order chi connectivity index (χ0) is 25.8. The van der Waals surface area contributed by atoms with E-state index < -0.39 is 23.8 Å². The molecule has 0 saturated heterocycles. The van der Waals surface area contributed by atoms with Crippen molar-refractivity contribution in [2.45, 2.75) is 123 Å². The topological polar surface area (TPSA) is 87.7 Å². The number of carbonyl (C=O) groups is 3. The van der Waals surface area contributed by atoms with Crippen molar-refractivity contribution in [3.05, 3.63) is 34.9 Å². The fraction of sp³-hybridized carbons (Fsp3) is 0.679. The summed E-state index contributed by atoms with van der Waals surface area (Å²) < 4.78 is 5.36. The molecule has 2 unspecified atom stereocenters. The number of rotatable bonds is 7. The highest BCUT2D eigenvalue weighted by Gasteiger charge is 2.41. The first-order valence-corrected chi connectivity index (χ1v) is 13.2. The van der Waals surface area contributed by atoms with Crippen LogP contribution in [0.25, 0.3) is 0 Å². The lowest BCUT2D eigenvalue weighted by Crippen LogP contribution is -2.57. The Kier molecular flexibility index (Phi) is 8.84. The van der Waals surface area contributed by atoms with Gasteiger partial charge >= 0.3 is 6.09 Å². The van der Waals surface area contributed by atoms with Crippen molar-refractivity contribution in [3.8, 4) is 0 Å². The number of nitrogens with zero attached hydrogens (tertiary/aromatic N) is 1. The van der Waals surface area contributed by atoms with Gasteiger partial charge < -0.3 is 20.3 Å². The van der Waals surface area contributed by atoms with Gasteiger partial charge in [0.15, 0.2) is 0 Å². The van der Waals surface area contributed by atoms with Gasteiger partial charge in [0, 0.05) is 12.1 Å². The van der Waals surface area contributed by atoms with Gasteiger partial charge in [0.1, 0.15) is 17.7 Å². The van der Waals surface area contributed by atoms with Crippen LogP contribution >= 0.6 is 0 Å². The van der Waals surface area contributed by atoms with Gasteiger partial charge in [-0.25, -0.2) is 4.79 Å². The van der Waals surface area contributed by atoms with Crippen molar-refractivity contribution in [1.82, 2.24) is 15.5 Å². The SMILES string of the molecule is Cc1ccc(C(C(=O)NC2CCCCC2)N(C(=O)C(C)NC(=O)OC(C)(C)C)C2CCC2)c(C)c1. The number of aryl methyl sites for hydroxylation is 2. The van der Waals surface area contributed by atoms with E-state index in [9.17, 15) is 14.4 Å². The Morgan fingerprint density at radius 3 is 2.20 bits per heavy atom. The molecule has 0 radical (unpaired) electrons. The van der Waals surface area contributed by atoms with Gasteiger partial charge in [-0.15, -0.1) is 0 Å². The summed E-state index contributed by atoms with van der Waals surface area (Å²) in [6, 6.07) is 4.57. The molecule has 2 saturated carbocycles. The molecular formula is C28H43N3O4. The third kappa shape index (κ3) is 7.21. The van der Waals surface area contributed by atoms with Crippen LogP contribution in [0.1, 0.15) is 102 Å². The minimum atomic E-state index is -0.818. The molecule has 7 nitrogen and oxygen atoms in total. The van der Waals surface area contributed by atoms with E-state index in [0.717, 1.165) is 61.6 Å². The van der Waals surface area contributed by atoms with E-state index in [1.165, 1.54) is 6.42 Å². The minimum Gasteiger partial charge on any atom is -0.444 e. The first kappa shape index (κ1) is 27.0. The predicted molar refractivity (Wildman–Crippen MR) is 137 cm³/mol. The van der Waals surface area contributed by atoms with Crippen LogP contribution in [0.2, 0.25) is 0 Å². The van der Waals surface area contributed by atoms with Gasteiger partial charge in [0.2, 0.25) is 11.8 Å². The van der Waals surface area contributed by atoms with Crippen molar-refractivity contribution in [3.63, 3.8) is 0 Å². The summed E-state index contributed by atoms with van der Waals surface area (Å²) in [5, 5.41) is 5.95. The molecule has 2 fully saturated rings. The van der Waals surface area contributed by atoms with Crippen molar-refractivity contribution in [2.24, 2.45) is 0 Å². The number of ether oxygens (including phenoxy) is 1. The summed E-state index contributed by atoms with van der Waals surface area (Å²) in [5.41, 5.74) is 2.27. The second-order valence-corrected chi connectivity index (χ2v) is 11.3. The Morgan fingerprint density at radius 1 is 1.00 bits per heavy atom. The summed E-state index contributed by atoms with van der Waals surface area (Å²) in [7, 11) is 0. The highest BCUT2D eigenvalue weighted by Crippen LogP contribution is 2.35. The van der Waals surface area contributed by atoms with Gasteiger partial charge in [-0.1, -0.05) is 43.0 Å². The molecule has 2 aliphatic carbocycles. The monoisotopic (exact) mass is 485 g/mol. The molecule has 3 amide bonds. The normalized spacial score (nSPS) is 18.7. The number of alkyl carbamates (subject to hydrolysis) is 1. The molecule has 0 aliphatic heterocycles. The van der Waals surface area contributed by atoms with Gasteiger partial charge in [0.25, 0.3) is 0 Å². The Bertz CT molecular complexity index is 913. The largest absolute Gasteiger partial charge is 0.444 e. The van der Waals surface area contributed by atoms with Gasteiger partial charge in [-0.2, -0.15) is 0 Å². The van der Waals surface area contributed by atoms with Crippen LogP contribution in [0.3, 0.4) is 0 Å². The first-order valence-electron chi connectivity index (χ1n) is 13.2. The van der Waals surface area contributed by atoms with E-state index in [4.69, 9.17) is 4.74 Å². The molecule has 7 heteroatoms. The Hall–Kier alpha value is -2.57. The van der Waals surface area contributed by atoms with Crippen LogP contribution in [0.15, 0.2) is 18.2 Å². The second kappa shape index (κ2) is 11.4. The highest BCUT2D eigenvalue weighted by atomic mass is 16.6. The molecule has 1 aromatic rings. The molecule has 3 rings (SSSR count). The Labute approximate surface area is 210 Å². The average Bonchev–Trinajstić information content (AvgIpc) is 2.72. The summed E-state index contributed by atoms with van der Waals surface area (Å²) in [6.45, 7) is 11.0. The fourth-order valence-corrected chi connectivity index (χ4v) is 5.03. The number of hydrogen-bond donors (Lipinski definition) is 2. The molecule has 2 N–H and O–H groups in total. The lowest BCUT2D eigenvalue weighted by Gasteiger charge is -2.44. The van der Waals surface area contributed by atoms with E-state index in [-0.39, 0.29) is 23.9 Å². The summed E-state index contributed by atoms with van der Waals surface area (Å²) in [6.07, 6.45) is 7.45. The molecule has 0 bridgehead atoms. The van der Waals surface area contributed by atoms with Crippen LogP contribution in [-0.4, -0.2) is 46.5 Å². The van der Waals surface area contributed by atoms with Crippen LogP contribution in [0.5, 0.6) is 0 Å². The Morgan fingerprint density at radius 2 is 1.66 bits per heavy atom. The molecule has 194 valence electrons. The van der Waals surface area contributed by atoms with Crippen LogP contribution in [0.4, 0.5) is 4.79 Å². The Balaban J connectivity index is 1.91. The lowest BCUT2D eigenvalue weighted by atomic mass is 9.87. The van der Waals surface area contributed by atoms with Crippen molar-refractivity contribution < 1.29 is 19.1 Å². The van der Waals surface area contributed by atoms with Crippen molar-refractivity contribution in [2.75, 3.05) is 0 Å². The van der Waals surface area contributed by atoms with E-state index in [1.807, 2.05) is 26.0 Å². The van der Waals surface area contributed by atoms with Gasteiger partial charge in [-0.05, 0) is 84.8 Å². The van der Waals surface area contributed by atoms with E-state index >= 15 is 0 Å². The maximum Gasteiger partial charge on any atom is 0.408 e. The summed E-state index contributed by atoms with van der Waals surface area (Å²) >= 11 is 0. The standard InChI is InChI=1S/C28H43N3O4/c1-18-15-16-23(19(2)17-18)24(25(32)30-21-11-8-7-9-12-21)31(22-13-10-14-22)26(33)20(3)29-27(34)35-28(4,5)6/h15-17,20-22,24H,7-14H2,1-6H3,(H,29,34)(H,30,32). The molecule has 0 heterocycles. The number of benzene rings is 1. The summed E-state index contributed by atoms with van der Waals surface area (Å²) in [4.78, 5) is 41.8. The molecule has 1 aromatic carbocycles. The number of hydrogen-bond acceptors (Lipinski definition) is 4. The molecule has 2 aliphatic rings. The zero-order valence-electron chi connectivity index (χ0n) is 22.3. The fourth-order valence-electron chi connectivity index (χ4n) is 5.03. The molecule has 0 spiro atoms. The zero-order valence-corrected chi connectivity index (χ0v) is 22.3. The minimum absolute atomic E-state index is 0.0341. The average molecular weight is 486 g/mol. The third-order valence-corrected chi connectivity index (χ3v) is 7.02. The van der Waals surface area contributed by atoms with Gasteiger partial charge in [0.05, 0.1) is 0 Å². The van der Waals surface area contributed by atoms with E-state index in [2.05, 4.69) is 16.7 Å². The maximum atomic E-state index is 13.9. The molecule has 35 heavy (non-hydrogen) atoms. The lowest BCUT2D eigenvalue weighted by molar-refractivity contribution is -0.147. The highest BCUT2D eigenvalue weighted by molar-refractivity contribution is 5.92. The van der Waals surface area contributed by atoms with Crippen molar-refractivity contribution in [1.29, 1.82) is 0 Å². The van der Waals surface area contributed by atoms with Crippen LogP contribution < -0.4 is 10.6 Å². The van der Waals surface area contributed by atoms with Gasteiger partial charge in [-0.3, -0.25) is 9.59 Å². The number of nitrogens with one attached hydrogen (secondary N) is 2. The smallest absolute Gasteiger partial charge is 0.408 e. The van der Waals surface area contributed by atoms with E-state index in [1.54, 1.807) is 32.6 Å². The molecule has 0 aromatic heterocycles. The van der Waals surface area contributed by atoms with Crippen molar-refractivity contribution >= 4 is 17.9 Å². The van der Waals surface area contributed by atoms with Crippen LogP contribution in [0, 0.1) is 13.8 Å². The van der Waals surface area contributed by atoms with E-state index in [0.29, 0.717) is 0 Å². The first-order chi connectivity index (χ1) is 16.5. The second-order valence-electron chi connectivity index (χ2n) is 11.3. The number of carbonyl (C=O) groups excluding carboxylic acids is 3. The third-order valence-electron chi connectivity index (χ3n) is 7.02. The predicted octanol–water partition coefficient (Wildman–Crippen LogP) is 5.09. The quantitative estimate of drug-likeness (QED) is 0.563.